The van der Waals surface area contributed by atoms with Gasteiger partial charge in [-0.15, -0.1) is 0 Å². The third-order valence-electron chi connectivity index (χ3n) is 1.82. The molecule has 74 valence electrons. The van der Waals surface area contributed by atoms with Gasteiger partial charge in [0.2, 0.25) is 0 Å². The second kappa shape index (κ2) is 3.59. The highest BCUT2D eigenvalue weighted by Gasteiger charge is 2.25. The van der Waals surface area contributed by atoms with E-state index in [0.717, 1.165) is 6.92 Å². The van der Waals surface area contributed by atoms with Crippen molar-refractivity contribution >= 4 is 7.85 Å². The molecular formula is C8H4BF5. The number of halogens is 5. The maximum atomic E-state index is 12.9. The van der Waals surface area contributed by atoms with Crippen molar-refractivity contribution in [3.05, 3.63) is 34.4 Å². The molecule has 0 aliphatic rings. The average Bonchev–Trinajstić information content (AvgIpc) is 2.11. The minimum atomic E-state index is -2.39. The molecule has 0 bridgehead atoms. The molecule has 0 aromatic heterocycles. The highest BCUT2D eigenvalue weighted by Crippen LogP contribution is 2.28. The summed E-state index contributed by atoms with van der Waals surface area (Å²) in [4.78, 5) is 0. The normalized spacial score (nSPS) is 13.0. The number of alkyl halides is 1. The van der Waals surface area contributed by atoms with Crippen molar-refractivity contribution in [2.45, 2.75) is 13.0 Å². The topological polar surface area (TPSA) is 0 Å². The van der Waals surface area contributed by atoms with Gasteiger partial charge < -0.3 is 0 Å². The summed E-state index contributed by atoms with van der Waals surface area (Å²) < 4.78 is 63.3. The summed E-state index contributed by atoms with van der Waals surface area (Å²) in [6, 6.07) is 0. The van der Waals surface area contributed by atoms with Gasteiger partial charge in [0, 0.05) is 5.56 Å². The predicted molar refractivity (Wildman–Crippen MR) is 40.6 cm³/mol. The van der Waals surface area contributed by atoms with Gasteiger partial charge in [-0.3, -0.25) is 4.39 Å². The van der Waals surface area contributed by atoms with Gasteiger partial charge >= 0.3 is 0 Å². The standard InChI is InChI=1S/C8H4BF5/c1-2-3(8(9)14)5(11)7(13)6(12)4(2)10/h8H,1H3/t8-/m0/s1. The van der Waals surface area contributed by atoms with E-state index in [4.69, 9.17) is 0 Å². The van der Waals surface area contributed by atoms with Crippen molar-refractivity contribution in [2.24, 2.45) is 0 Å². The molecular weight excluding hydrogens is 202 g/mol. The Labute approximate surface area is 78.1 Å². The number of rotatable bonds is 1. The van der Waals surface area contributed by atoms with Crippen LogP contribution in [0.4, 0.5) is 22.0 Å². The van der Waals surface area contributed by atoms with Crippen molar-refractivity contribution < 1.29 is 22.0 Å². The van der Waals surface area contributed by atoms with Crippen LogP contribution >= 0.6 is 0 Å². The van der Waals surface area contributed by atoms with E-state index >= 15 is 0 Å². The summed E-state index contributed by atoms with van der Waals surface area (Å²) in [5, 5.41) is 0. The molecule has 0 saturated heterocycles. The maximum absolute atomic E-state index is 12.9. The molecule has 1 aromatic rings. The van der Waals surface area contributed by atoms with Gasteiger partial charge in [0.25, 0.3) is 0 Å². The van der Waals surface area contributed by atoms with E-state index in [1.807, 2.05) is 0 Å². The monoisotopic (exact) mass is 206 g/mol. The third kappa shape index (κ3) is 1.49. The fourth-order valence-electron chi connectivity index (χ4n) is 1.09. The number of hydrogen-bond acceptors (Lipinski definition) is 0. The fourth-order valence-corrected chi connectivity index (χ4v) is 1.09. The molecule has 0 nitrogen and oxygen atoms in total. The van der Waals surface area contributed by atoms with Crippen molar-refractivity contribution in [2.75, 3.05) is 0 Å². The minimum absolute atomic E-state index is 0.670. The Hall–Kier alpha value is -1.07. The van der Waals surface area contributed by atoms with Crippen LogP contribution in [0.15, 0.2) is 0 Å². The van der Waals surface area contributed by atoms with E-state index in [9.17, 15) is 22.0 Å². The van der Waals surface area contributed by atoms with Crippen molar-refractivity contribution in [3.8, 4) is 0 Å². The summed E-state index contributed by atoms with van der Waals surface area (Å²) >= 11 is 0. The number of hydrogen-bond donors (Lipinski definition) is 0. The molecule has 0 N–H and O–H groups in total. The first-order valence-electron chi connectivity index (χ1n) is 3.60. The first kappa shape index (κ1) is 11.0. The van der Waals surface area contributed by atoms with E-state index in [1.54, 1.807) is 0 Å². The molecule has 0 unspecified atom stereocenters. The minimum Gasteiger partial charge on any atom is -0.253 e. The van der Waals surface area contributed by atoms with Crippen LogP contribution in [0.2, 0.25) is 0 Å². The summed E-state index contributed by atoms with van der Waals surface area (Å²) in [6.45, 7) is 0.912. The van der Waals surface area contributed by atoms with Crippen molar-refractivity contribution in [1.82, 2.24) is 0 Å². The Kier molecular flexibility index (Phi) is 2.82. The SMILES string of the molecule is [B][C@@H](F)c1c(C)c(F)c(F)c(F)c1F. The van der Waals surface area contributed by atoms with Crippen molar-refractivity contribution in [1.29, 1.82) is 0 Å². The lowest BCUT2D eigenvalue weighted by Gasteiger charge is -2.11. The Morgan fingerprint density at radius 3 is 1.79 bits per heavy atom. The molecule has 0 aliphatic carbocycles. The van der Waals surface area contributed by atoms with Crippen LogP contribution in [-0.4, -0.2) is 7.85 Å². The summed E-state index contributed by atoms with van der Waals surface area (Å²) in [5.74, 6) is -7.45. The molecule has 0 saturated carbocycles. The zero-order chi connectivity index (χ0) is 11.0. The second-order valence-corrected chi connectivity index (χ2v) is 2.70. The summed E-state index contributed by atoms with van der Waals surface area (Å²) in [7, 11) is 4.64. The first-order valence-corrected chi connectivity index (χ1v) is 3.60. The van der Waals surface area contributed by atoms with Crippen molar-refractivity contribution in [3.63, 3.8) is 0 Å². The van der Waals surface area contributed by atoms with Crippen LogP contribution < -0.4 is 0 Å². The molecule has 1 aromatic carbocycles. The number of benzene rings is 1. The molecule has 1 atom stereocenters. The van der Waals surface area contributed by atoms with Gasteiger partial charge in [-0.1, -0.05) is 0 Å². The molecule has 0 spiro atoms. The Bertz CT molecular complexity index is 345. The molecule has 1 rings (SSSR count). The van der Waals surface area contributed by atoms with Gasteiger partial charge in [-0.05, 0) is 12.5 Å². The first-order chi connectivity index (χ1) is 6.37. The quantitative estimate of drug-likeness (QED) is 0.286. The highest BCUT2D eigenvalue weighted by molar-refractivity contribution is 6.11. The Morgan fingerprint density at radius 1 is 0.929 bits per heavy atom. The van der Waals surface area contributed by atoms with Gasteiger partial charge in [0.05, 0.1) is 6.07 Å². The lowest BCUT2D eigenvalue weighted by atomic mass is 9.90. The molecule has 0 aliphatic heterocycles. The zero-order valence-electron chi connectivity index (χ0n) is 7.04. The lowest BCUT2D eigenvalue weighted by Crippen LogP contribution is -2.08. The average molecular weight is 206 g/mol. The smallest absolute Gasteiger partial charge is 0.197 e. The summed E-state index contributed by atoms with van der Waals surface area (Å²) in [6.07, 6.45) is -2.39. The summed E-state index contributed by atoms with van der Waals surface area (Å²) in [5.41, 5.74) is -1.67. The molecule has 2 radical (unpaired) electrons. The van der Waals surface area contributed by atoms with Crippen LogP contribution in [0.25, 0.3) is 0 Å². The lowest BCUT2D eigenvalue weighted by molar-refractivity contribution is 0.377. The van der Waals surface area contributed by atoms with E-state index in [2.05, 4.69) is 7.85 Å². The maximum Gasteiger partial charge on any atom is 0.197 e. The predicted octanol–water partition coefficient (Wildman–Crippen LogP) is 2.69. The van der Waals surface area contributed by atoms with Gasteiger partial charge in [0.1, 0.15) is 7.85 Å². The van der Waals surface area contributed by atoms with Crippen LogP contribution in [0.1, 0.15) is 17.2 Å². The van der Waals surface area contributed by atoms with Gasteiger partial charge in [-0.2, -0.15) is 0 Å². The largest absolute Gasteiger partial charge is 0.253 e. The molecule has 6 heteroatoms. The highest BCUT2D eigenvalue weighted by atomic mass is 19.2. The second-order valence-electron chi connectivity index (χ2n) is 2.70. The van der Waals surface area contributed by atoms with E-state index in [1.165, 1.54) is 0 Å². The fraction of sp³-hybridized carbons (Fsp3) is 0.250. The molecule has 0 amide bonds. The van der Waals surface area contributed by atoms with E-state index in [-0.39, 0.29) is 0 Å². The molecule has 0 fully saturated rings. The van der Waals surface area contributed by atoms with Crippen LogP contribution in [0.3, 0.4) is 0 Å². The zero-order valence-corrected chi connectivity index (χ0v) is 7.04. The molecule has 0 heterocycles. The van der Waals surface area contributed by atoms with Gasteiger partial charge in [0.15, 0.2) is 23.3 Å². The van der Waals surface area contributed by atoms with Crippen LogP contribution in [0.5, 0.6) is 0 Å². The van der Waals surface area contributed by atoms with Gasteiger partial charge in [-0.25, -0.2) is 17.6 Å². The van der Waals surface area contributed by atoms with Crippen LogP contribution in [-0.2, 0) is 0 Å². The Morgan fingerprint density at radius 2 is 1.36 bits per heavy atom. The van der Waals surface area contributed by atoms with E-state index in [0.29, 0.717) is 0 Å². The van der Waals surface area contributed by atoms with E-state index < -0.39 is 40.5 Å². The van der Waals surface area contributed by atoms with Crippen LogP contribution in [0, 0.1) is 30.2 Å². The third-order valence-corrected chi connectivity index (χ3v) is 1.82. The Balaban J connectivity index is 3.60. The molecule has 14 heavy (non-hydrogen) atoms.